The van der Waals surface area contributed by atoms with Gasteiger partial charge in [0.2, 0.25) is 0 Å². The van der Waals surface area contributed by atoms with Gasteiger partial charge in [-0.05, 0) is 36.8 Å². The molecule has 2 amide bonds. The van der Waals surface area contributed by atoms with Crippen molar-refractivity contribution in [3.8, 4) is 0 Å². The smallest absolute Gasteiger partial charge is 0.302 e. The SMILES string of the molecule is [2H]c1nc(N(C)[C@@H]2[C@H](C([2H])([2H])[2H])CC([2H])([2H])N(C(=O)C[N+]#[C-])C2([2H])[2H])c2cc[nH]c2n1.[2H]c1nc(N(C)[C@@H]2[C@H](C)CC([2H])([2H])N(C(=O)C[N+]#[C-])C2([2H])[2H])c2cc[nH]c2n1. The van der Waals surface area contributed by atoms with Gasteiger partial charge in [-0.15, -0.1) is 0 Å². The summed E-state index contributed by atoms with van der Waals surface area (Å²) < 4.78 is 107. The Morgan fingerprint density at radius 3 is 1.80 bits per heavy atom. The van der Waals surface area contributed by atoms with Crippen LogP contribution in [0.4, 0.5) is 11.6 Å². The second-order valence-corrected chi connectivity index (χ2v) is 10.5. The molecule has 2 fully saturated rings. The van der Waals surface area contributed by atoms with Gasteiger partial charge in [0.1, 0.15) is 38.3 Å². The lowest BCUT2D eigenvalue weighted by molar-refractivity contribution is -0.131. The number of anilines is 2. The monoisotopic (exact) mass is 637 g/mol. The largest absolute Gasteiger partial charge is 0.354 e. The Balaban J connectivity index is 0.000000225. The third kappa shape index (κ3) is 6.71. The first-order valence-electron chi connectivity index (χ1n) is 20.6. The molecule has 46 heavy (non-hydrogen) atoms. The molecule has 0 spiro atoms. The maximum Gasteiger partial charge on any atom is 0.302 e. The molecule has 0 aliphatic carbocycles. The van der Waals surface area contributed by atoms with Crippen molar-refractivity contribution in [3.05, 3.63) is 60.0 Å². The number of nitrogens with zero attached hydrogens (tertiary/aromatic N) is 10. The van der Waals surface area contributed by atoms with E-state index >= 15 is 0 Å². The van der Waals surface area contributed by atoms with Crippen LogP contribution in [0, 0.1) is 25.0 Å². The van der Waals surface area contributed by atoms with Crippen LogP contribution in [0.1, 0.15) is 44.4 Å². The highest BCUT2D eigenvalue weighted by Gasteiger charge is 2.34. The Morgan fingerprint density at radius 2 is 1.35 bits per heavy atom. The first-order chi connectivity index (χ1) is 27.2. The number of nitrogens with one attached hydrogen (secondary N) is 2. The van der Waals surface area contributed by atoms with Crippen LogP contribution < -0.4 is 9.80 Å². The molecule has 240 valence electrons. The van der Waals surface area contributed by atoms with Gasteiger partial charge in [-0.2, -0.15) is 0 Å². The number of piperidine rings is 2. The number of amides is 2. The average Bonchev–Trinajstić information content (AvgIpc) is 3.75. The Hall–Kier alpha value is -5.24. The van der Waals surface area contributed by atoms with E-state index < -0.39 is 88.1 Å². The lowest BCUT2D eigenvalue weighted by Gasteiger charge is -2.41. The van der Waals surface area contributed by atoms with Gasteiger partial charge in [-0.25, -0.2) is 33.1 Å². The van der Waals surface area contributed by atoms with E-state index in [-0.39, 0.29) is 24.8 Å². The highest BCUT2D eigenvalue weighted by Crippen LogP contribution is 2.30. The maximum absolute atomic E-state index is 12.5. The molecule has 2 aliphatic heterocycles. The number of aromatic amines is 2. The van der Waals surface area contributed by atoms with Gasteiger partial charge in [0.15, 0.2) is 0 Å². The van der Waals surface area contributed by atoms with Gasteiger partial charge in [-0.1, -0.05) is 13.8 Å². The van der Waals surface area contributed by atoms with Crippen molar-refractivity contribution in [1.29, 1.82) is 0 Å². The van der Waals surface area contributed by atoms with Crippen molar-refractivity contribution < 1.29 is 27.4 Å². The zero-order chi connectivity index (χ0) is 44.2. The Morgan fingerprint density at radius 1 is 0.891 bits per heavy atom. The molecule has 14 nitrogen and oxygen atoms in total. The summed E-state index contributed by atoms with van der Waals surface area (Å²) in [5, 5.41) is 1.00. The van der Waals surface area contributed by atoms with E-state index in [1.54, 1.807) is 32.3 Å². The van der Waals surface area contributed by atoms with Gasteiger partial charge < -0.3 is 39.3 Å². The average molecular weight is 638 g/mol. The minimum absolute atomic E-state index is 0.0689. The van der Waals surface area contributed by atoms with Gasteiger partial charge in [0.05, 0.1) is 28.3 Å². The van der Waals surface area contributed by atoms with E-state index in [9.17, 15) is 9.59 Å². The number of fused-ring (bicyclic) bond motifs is 2. The third-order valence-corrected chi connectivity index (χ3v) is 7.48. The van der Waals surface area contributed by atoms with Gasteiger partial charge in [0.25, 0.3) is 13.1 Å². The van der Waals surface area contributed by atoms with Crippen LogP contribution in [0.5, 0.6) is 0 Å². The normalized spacial score (nSPS) is 30.0. The van der Waals surface area contributed by atoms with Crippen molar-refractivity contribution in [2.24, 2.45) is 11.8 Å². The summed E-state index contributed by atoms with van der Waals surface area (Å²) in [6, 6.07) is 0.805. The van der Waals surface area contributed by atoms with Crippen molar-refractivity contribution in [3.63, 3.8) is 0 Å². The fraction of sp³-hybridized carbons (Fsp3) is 0.500. The van der Waals surface area contributed by atoms with Crippen LogP contribution in [0.3, 0.4) is 0 Å². The summed E-state index contributed by atoms with van der Waals surface area (Å²) >= 11 is 0. The van der Waals surface area contributed by atoms with Crippen molar-refractivity contribution >= 4 is 45.5 Å². The number of H-pyrrole nitrogens is 2. The molecule has 2 aliphatic rings. The maximum atomic E-state index is 12.5. The lowest BCUT2D eigenvalue weighted by Crippen LogP contribution is -2.53. The summed E-state index contributed by atoms with van der Waals surface area (Å²) in [6.45, 7) is 1.27. The molecule has 6 heterocycles. The molecule has 0 radical (unpaired) electrons. The number of carbonyl (C=O) groups excluding carboxylic acids is 2. The highest BCUT2D eigenvalue weighted by molar-refractivity contribution is 5.88. The van der Waals surface area contributed by atoms with Gasteiger partial charge in [0, 0.05) is 62.1 Å². The molecule has 0 saturated carbocycles. The molecule has 2 saturated heterocycles. The summed E-state index contributed by atoms with van der Waals surface area (Å²) in [5.41, 5.74) is 0.724. The Kier molecular flexibility index (Phi) is 5.98. The highest BCUT2D eigenvalue weighted by atomic mass is 16.2. The quantitative estimate of drug-likeness (QED) is 0.308. The minimum Gasteiger partial charge on any atom is -0.354 e. The van der Waals surface area contributed by atoms with Crippen molar-refractivity contribution in [2.45, 2.75) is 38.7 Å². The number of likely N-dealkylation sites (N-methyl/N-ethyl adjacent to an activating group) is 2. The Bertz CT molecular complexity index is 2320. The molecule has 0 unspecified atom stereocenters. The molecule has 4 aromatic rings. The van der Waals surface area contributed by atoms with Gasteiger partial charge >= 0.3 is 11.8 Å². The number of carbonyl (C=O) groups is 2. The van der Waals surface area contributed by atoms with E-state index in [1.807, 2.05) is 0 Å². The molecular formula is C32H40N12O2. The topological polar surface area (TPSA) is 139 Å². The van der Waals surface area contributed by atoms with Crippen LogP contribution in [0.15, 0.2) is 37.1 Å². The van der Waals surface area contributed by atoms with Gasteiger partial charge in [-0.3, -0.25) is 9.59 Å². The number of hydrogen-bond donors (Lipinski definition) is 2. The lowest BCUT2D eigenvalue weighted by atomic mass is 9.92. The molecule has 4 atom stereocenters. The van der Waals surface area contributed by atoms with Crippen LogP contribution in [0.2, 0.25) is 0 Å². The molecule has 6 rings (SSSR count). The molecule has 0 aromatic carbocycles. The number of hydrogen-bond acceptors (Lipinski definition) is 8. The fourth-order valence-corrected chi connectivity index (χ4v) is 5.08. The first kappa shape index (κ1) is 19.3. The van der Waals surface area contributed by atoms with Crippen molar-refractivity contribution in [2.75, 3.05) is 63.0 Å². The third-order valence-electron chi connectivity index (χ3n) is 7.48. The zero-order valence-electron chi connectivity index (χ0n) is 38.2. The number of rotatable bonds is 6. The molecule has 0 bridgehead atoms. The molecule has 14 heteroatoms. The van der Waals surface area contributed by atoms with E-state index in [0.717, 1.165) is 0 Å². The second kappa shape index (κ2) is 14.2. The van der Waals surface area contributed by atoms with Crippen LogP contribution in [0.25, 0.3) is 31.8 Å². The number of aromatic nitrogens is 6. The molecule has 2 N–H and O–H groups in total. The van der Waals surface area contributed by atoms with Crippen LogP contribution in [-0.4, -0.2) is 117 Å². The van der Waals surface area contributed by atoms with E-state index in [4.69, 9.17) is 31.0 Å². The van der Waals surface area contributed by atoms with E-state index in [1.165, 1.54) is 23.0 Å². The minimum atomic E-state index is -2.81. The van der Waals surface area contributed by atoms with E-state index in [2.05, 4.69) is 39.6 Å². The number of likely N-dealkylation sites (tertiary alicyclic amines) is 2. The standard InChI is InChI=1S/2C16H20N6O/c2*1-11-5-7-22(14(23)8-17-2)9-13(11)21(3)16-12-4-6-18-15(12)19-10-20-16/h2*4,6,10-11,13H,5,7-9H2,1,3H3,(H,18,19,20)/t2*11-,13+/m11/s1/i1D3,7D2,9D2,10D;7D2,9D2,10D. The van der Waals surface area contributed by atoms with Crippen LogP contribution in [-0.2, 0) is 9.59 Å². The summed E-state index contributed by atoms with van der Waals surface area (Å²) in [4.78, 5) is 56.3. The molecule has 4 aromatic heterocycles. The second-order valence-electron chi connectivity index (χ2n) is 10.5. The predicted molar refractivity (Wildman–Crippen MR) is 176 cm³/mol. The fourth-order valence-electron chi connectivity index (χ4n) is 5.08. The summed E-state index contributed by atoms with van der Waals surface area (Å²) in [6.07, 6.45) is 1.79. The predicted octanol–water partition coefficient (Wildman–Crippen LogP) is 3.10. The first-order valence-corrected chi connectivity index (χ1v) is 14.1. The summed E-state index contributed by atoms with van der Waals surface area (Å²) in [7, 11) is 2.99. The molecular weight excluding hydrogens is 584 g/mol. The zero-order valence-corrected chi connectivity index (χ0v) is 25.2. The van der Waals surface area contributed by atoms with Crippen molar-refractivity contribution in [1.82, 2.24) is 39.7 Å². The van der Waals surface area contributed by atoms with Crippen LogP contribution >= 0.6 is 0 Å². The summed E-state index contributed by atoms with van der Waals surface area (Å²) in [5.74, 6) is -3.59. The Labute approximate surface area is 286 Å². The van der Waals surface area contributed by atoms with E-state index in [0.29, 0.717) is 37.7 Å².